The van der Waals surface area contributed by atoms with Gasteiger partial charge in [0.15, 0.2) is 0 Å². The van der Waals surface area contributed by atoms with Gasteiger partial charge in [0, 0.05) is 0 Å². The molecule has 0 spiro atoms. The molecule has 5 heteroatoms. The van der Waals surface area contributed by atoms with E-state index in [0.29, 0.717) is 5.75 Å². The number of carboxylic acids is 1. The standard InChI is InChI=1S/C11H15NO3.Na/c1-12-7-6-9-2-4-10(5-3-9)15-8-11(13)14;/h2-5,12H,6-8H2,1H3,(H,13,14);/q;+1/p-1. The fraction of sp³-hybridized carbons (Fsp3) is 0.364. The van der Waals surface area contributed by atoms with E-state index in [1.165, 1.54) is 5.56 Å². The number of carbonyl (C=O) groups is 1. The zero-order valence-electron chi connectivity index (χ0n) is 9.66. The second-order valence-electron chi connectivity index (χ2n) is 3.16. The maximum Gasteiger partial charge on any atom is 1.00 e. The van der Waals surface area contributed by atoms with E-state index < -0.39 is 12.6 Å². The molecule has 1 aromatic rings. The van der Waals surface area contributed by atoms with Crippen molar-refractivity contribution >= 4 is 5.97 Å². The minimum Gasteiger partial charge on any atom is -0.546 e. The van der Waals surface area contributed by atoms with Gasteiger partial charge in [0.2, 0.25) is 0 Å². The van der Waals surface area contributed by atoms with Crippen LogP contribution in [-0.2, 0) is 11.2 Å². The third-order valence-corrected chi connectivity index (χ3v) is 1.94. The van der Waals surface area contributed by atoms with E-state index in [2.05, 4.69) is 5.32 Å². The van der Waals surface area contributed by atoms with Crippen molar-refractivity contribution in [2.24, 2.45) is 0 Å². The molecule has 1 rings (SSSR count). The average Bonchev–Trinajstić information content (AvgIpc) is 2.25. The Bertz CT molecular complexity index is 314. The van der Waals surface area contributed by atoms with Crippen molar-refractivity contribution in [3.8, 4) is 5.75 Å². The molecule has 0 atom stereocenters. The van der Waals surface area contributed by atoms with Crippen LogP contribution in [0, 0.1) is 0 Å². The number of carbonyl (C=O) groups excluding carboxylic acids is 1. The third-order valence-electron chi connectivity index (χ3n) is 1.94. The maximum atomic E-state index is 10.1. The number of hydrogen-bond donors (Lipinski definition) is 1. The molecule has 0 aliphatic rings. The normalized spacial score (nSPS) is 9.31. The van der Waals surface area contributed by atoms with Crippen LogP contribution in [0.2, 0.25) is 0 Å². The summed E-state index contributed by atoms with van der Waals surface area (Å²) in [5.74, 6) is -0.665. The molecule has 0 fully saturated rings. The SMILES string of the molecule is CNCCc1ccc(OCC(=O)[O-])cc1.[Na+]. The summed E-state index contributed by atoms with van der Waals surface area (Å²) >= 11 is 0. The summed E-state index contributed by atoms with van der Waals surface area (Å²) in [4.78, 5) is 10.1. The van der Waals surface area contributed by atoms with Gasteiger partial charge >= 0.3 is 29.6 Å². The first-order valence-electron chi connectivity index (χ1n) is 4.78. The van der Waals surface area contributed by atoms with Crippen molar-refractivity contribution in [1.29, 1.82) is 0 Å². The molecular weight excluding hydrogens is 217 g/mol. The van der Waals surface area contributed by atoms with E-state index >= 15 is 0 Å². The van der Waals surface area contributed by atoms with Gasteiger partial charge in [-0.05, 0) is 37.7 Å². The number of hydrogen-bond acceptors (Lipinski definition) is 4. The van der Waals surface area contributed by atoms with Crippen molar-refractivity contribution in [3.63, 3.8) is 0 Å². The number of carboxylic acid groups (broad SMARTS) is 1. The molecule has 1 aromatic carbocycles. The summed E-state index contributed by atoms with van der Waals surface area (Å²) in [5.41, 5.74) is 1.19. The van der Waals surface area contributed by atoms with Crippen LogP contribution < -0.4 is 44.7 Å². The van der Waals surface area contributed by atoms with E-state index in [9.17, 15) is 9.90 Å². The number of aliphatic carboxylic acids is 1. The van der Waals surface area contributed by atoms with E-state index in [4.69, 9.17) is 4.74 Å². The average molecular weight is 231 g/mol. The first-order valence-corrected chi connectivity index (χ1v) is 4.78. The zero-order chi connectivity index (χ0) is 11.1. The van der Waals surface area contributed by atoms with Crippen LogP contribution in [0.25, 0.3) is 0 Å². The fourth-order valence-corrected chi connectivity index (χ4v) is 1.16. The molecule has 0 bridgehead atoms. The van der Waals surface area contributed by atoms with Crippen molar-refractivity contribution in [2.75, 3.05) is 20.2 Å². The molecule has 0 amide bonds. The zero-order valence-corrected chi connectivity index (χ0v) is 11.7. The molecule has 4 nitrogen and oxygen atoms in total. The summed E-state index contributed by atoms with van der Waals surface area (Å²) in [6, 6.07) is 7.35. The van der Waals surface area contributed by atoms with Crippen LogP contribution in [0.5, 0.6) is 5.75 Å². The summed E-state index contributed by atoms with van der Waals surface area (Å²) in [6.45, 7) is 0.509. The molecule has 0 aliphatic carbocycles. The topological polar surface area (TPSA) is 61.4 Å². The van der Waals surface area contributed by atoms with Gasteiger partial charge in [-0.3, -0.25) is 0 Å². The smallest absolute Gasteiger partial charge is 0.546 e. The number of likely N-dealkylation sites (N-methyl/N-ethyl adjacent to an activating group) is 1. The number of ether oxygens (including phenoxy) is 1. The van der Waals surface area contributed by atoms with Crippen LogP contribution >= 0.6 is 0 Å². The maximum absolute atomic E-state index is 10.1. The Hall–Kier alpha value is -0.550. The second-order valence-corrected chi connectivity index (χ2v) is 3.16. The quantitative estimate of drug-likeness (QED) is 0.518. The third kappa shape index (κ3) is 6.12. The Kier molecular flexibility index (Phi) is 8.29. The van der Waals surface area contributed by atoms with Gasteiger partial charge < -0.3 is 20.0 Å². The van der Waals surface area contributed by atoms with Crippen LogP contribution in [0.4, 0.5) is 0 Å². The molecule has 0 unspecified atom stereocenters. The van der Waals surface area contributed by atoms with Crippen molar-refractivity contribution in [2.45, 2.75) is 6.42 Å². The second kappa shape index (κ2) is 8.58. The molecule has 0 heterocycles. The Morgan fingerprint density at radius 1 is 1.38 bits per heavy atom. The van der Waals surface area contributed by atoms with Gasteiger partial charge in [0.05, 0.1) is 5.97 Å². The van der Waals surface area contributed by atoms with Crippen LogP contribution in [0.3, 0.4) is 0 Å². The minimum atomic E-state index is -1.21. The molecule has 0 saturated carbocycles. The van der Waals surface area contributed by atoms with Crippen LogP contribution in [0.1, 0.15) is 5.56 Å². The van der Waals surface area contributed by atoms with Crippen molar-refractivity contribution in [1.82, 2.24) is 5.32 Å². The Labute approximate surface area is 117 Å². The predicted octanol–water partition coefficient (Wildman–Crippen LogP) is -3.42. The van der Waals surface area contributed by atoms with Gasteiger partial charge in [-0.1, -0.05) is 12.1 Å². The number of rotatable bonds is 6. The minimum absolute atomic E-state index is 0. The molecule has 0 saturated heterocycles. The molecule has 0 aliphatic heterocycles. The first kappa shape index (κ1) is 15.4. The van der Waals surface area contributed by atoms with E-state index in [1.807, 2.05) is 19.2 Å². The summed E-state index contributed by atoms with van der Waals surface area (Å²) in [6.07, 6.45) is 0.942. The fourth-order valence-electron chi connectivity index (χ4n) is 1.16. The molecule has 16 heavy (non-hydrogen) atoms. The molecule has 82 valence electrons. The molecule has 0 radical (unpaired) electrons. The van der Waals surface area contributed by atoms with Gasteiger partial charge in [-0.2, -0.15) is 0 Å². The summed E-state index contributed by atoms with van der Waals surface area (Å²) in [7, 11) is 1.90. The van der Waals surface area contributed by atoms with Gasteiger partial charge in [-0.25, -0.2) is 0 Å². The molecular formula is C11H14NNaO3. The van der Waals surface area contributed by atoms with Gasteiger partial charge in [0.25, 0.3) is 0 Å². The van der Waals surface area contributed by atoms with Gasteiger partial charge in [-0.15, -0.1) is 0 Å². The summed E-state index contributed by atoms with van der Waals surface area (Å²) < 4.78 is 4.95. The molecule has 1 N–H and O–H groups in total. The number of benzene rings is 1. The Morgan fingerprint density at radius 3 is 2.50 bits per heavy atom. The monoisotopic (exact) mass is 231 g/mol. The summed E-state index contributed by atoms with van der Waals surface area (Å²) in [5, 5.41) is 13.2. The van der Waals surface area contributed by atoms with E-state index in [1.54, 1.807) is 12.1 Å². The number of nitrogens with one attached hydrogen (secondary N) is 1. The van der Waals surface area contributed by atoms with Gasteiger partial charge in [0.1, 0.15) is 12.4 Å². The largest absolute Gasteiger partial charge is 1.00 e. The Morgan fingerprint density at radius 2 is 2.00 bits per heavy atom. The van der Waals surface area contributed by atoms with E-state index in [-0.39, 0.29) is 29.6 Å². The Balaban J connectivity index is 0.00000225. The van der Waals surface area contributed by atoms with Crippen LogP contribution in [-0.4, -0.2) is 26.2 Å². The molecule has 0 aromatic heterocycles. The first-order chi connectivity index (χ1) is 7.22. The van der Waals surface area contributed by atoms with Crippen molar-refractivity contribution < 1.29 is 44.2 Å². The van der Waals surface area contributed by atoms with Crippen LogP contribution in [0.15, 0.2) is 24.3 Å². The van der Waals surface area contributed by atoms with Crippen molar-refractivity contribution in [3.05, 3.63) is 29.8 Å². The van der Waals surface area contributed by atoms with E-state index in [0.717, 1.165) is 13.0 Å². The predicted molar refractivity (Wildman–Crippen MR) is 54.6 cm³/mol.